The minimum atomic E-state index is -0.250. The van der Waals surface area contributed by atoms with Crippen molar-refractivity contribution in [2.75, 3.05) is 0 Å². The summed E-state index contributed by atoms with van der Waals surface area (Å²) < 4.78 is 14.6. The standard InChI is InChI=1S/C14H10FN3.ClH/c15-12-1-3-13(4-2-12)18-10-7-14(17-18)11-5-8-16-9-6-11;/h1-10H;1H. The van der Waals surface area contributed by atoms with E-state index in [-0.39, 0.29) is 18.2 Å². The molecule has 0 saturated carbocycles. The quantitative estimate of drug-likeness (QED) is 0.717. The molecule has 19 heavy (non-hydrogen) atoms. The van der Waals surface area contributed by atoms with E-state index in [0.717, 1.165) is 16.9 Å². The van der Waals surface area contributed by atoms with Crippen molar-refractivity contribution in [1.82, 2.24) is 14.8 Å². The fourth-order valence-corrected chi connectivity index (χ4v) is 1.74. The van der Waals surface area contributed by atoms with Gasteiger partial charge in [-0.05, 0) is 42.5 Å². The first kappa shape index (κ1) is 13.2. The van der Waals surface area contributed by atoms with Crippen molar-refractivity contribution >= 4 is 12.4 Å². The van der Waals surface area contributed by atoms with Gasteiger partial charge in [0.2, 0.25) is 0 Å². The Bertz CT molecular complexity index is 650. The highest BCUT2D eigenvalue weighted by Gasteiger charge is 2.03. The Morgan fingerprint density at radius 1 is 0.895 bits per heavy atom. The lowest BCUT2D eigenvalue weighted by Gasteiger charge is -2.00. The Hall–Kier alpha value is -2.20. The number of benzene rings is 1. The average Bonchev–Trinajstić information content (AvgIpc) is 2.90. The third kappa shape index (κ3) is 2.80. The highest BCUT2D eigenvalue weighted by molar-refractivity contribution is 5.85. The van der Waals surface area contributed by atoms with Crippen LogP contribution in [0.15, 0.2) is 61.1 Å². The Labute approximate surface area is 116 Å². The van der Waals surface area contributed by atoms with Crippen molar-refractivity contribution in [3.63, 3.8) is 0 Å². The number of halogens is 2. The first-order valence-corrected chi connectivity index (χ1v) is 5.55. The van der Waals surface area contributed by atoms with Gasteiger partial charge in [-0.15, -0.1) is 12.4 Å². The van der Waals surface area contributed by atoms with E-state index in [4.69, 9.17) is 0 Å². The minimum Gasteiger partial charge on any atom is -0.265 e. The number of hydrogen-bond donors (Lipinski definition) is 0. The summed E-state index contributed by atoms with van der Waals surface area (Å²) in [7, 11) is 0. The average molecular weight is 276 g/mol. The summed E-state index contributed by atoms with van der Waals surface area (Å²) in [4.78, 5) is 3.97. The molecule has 0 aliphatic carbocycles. The number of pyridine rings is 1. The highest BCUT2D eigenvalue weighted by Crippen LogP contribution is 2.17. The minimum absolute atomic E-state index is 0. The van der Waals surface area contributed by atoms with Gasteiger partial charge in [-0.2, -0.15) is 5.10 Å². The Morgan fingerprint density at radius 3 is 2.26 bits per heavy atom. The van der Waals surface area contributed by atoms with Gasteiger partial charge in [0.1, 0.15) is 5.82 Å². The van der Waals surface area contributed by atoms with E-state index in [1.54, 1.807) is 29.2 Å². The van der Waals surface area contributed by atoms with Crippen LogP contribution in [0.4, 0.5) is 4.39 Å². The third-order valence-electron chi connectivity index (χ3n) is 2.66. The SMILES string of the molecule is Cl.Fc1ccc(-n2ccc(-c3ccncc3)n2)cc1. The molecule has 5 heteroatoms. The van der Waals surface area contributed by atoms with Gasteiger partial charge in [-0.25, -0.2) is 9.07 Å². The van der Waals surface area contributed by atoms with Crippen LogP contribution in [0.5, 0.6) is 0 Å². The molecule has 0 bridgehead atoms. The zero-order valence-corrected chi connectivity index (χ0v) is 10.7. The zero-order valence-electron chi connectivity index (χ0n) is 9.90. The van der Waals surface area contributed by atoms with Crippen molar-refractivity contribution in [3.05, 3.63) is 66.9 Å². The lowest BCUT2D eigenvalue weighted by Crippen LogP contribution is -1.94. The second-order valence-electron chi connectivity index (χ2n) is 3.86. The topological polar surface area (TPSA) is 30.7 Å². The smallest absolute Gasteiger partial charge is 0.123 e. The molecule has 2 aromatic heterocycles. The maximum atomic E-state index is 12.8. The van der Waals surface area contributed by atoms with Crippen molar-refractivity contribution in [1.29, 1.82) is 0 Å². The van der Waals surface area contributed by atoms with Gasteiger partial charge >= 0.3 is 0 Å². The first-order chi connectivity index (χ1) is 8.83. The van der Waals surface area contributed by atoms with E-state index in [1.165, 1.54) is 12.1 Å². The molecular formula is C14H11ClFN3. The van der Waals surface area contributed by atoms with E-state index in [9.17, 15) is 4.39 Å². The van der Waals surface area contributed by atoms with Crippen LogP contribution in [0.25, 0.3) is 16.9 Å². The molecule has 1 aromatic carbocycles. The molecule has 0 aliphatic rings. The van der Waals surface area contributed by atoms with Crippen molar-refractivity contribution < 1.29 is 4.39 Å². The summed E-state index contributed by atoms with van der Waals surface area (Å²) in [5.74, 6) is -0.250. The molecule has 2 heterocycles. The molecule has 0 fully saturated rings. The molecule has 3 rings (SSSR count). The fourth-order valence-electron chi connectivity index (χ4n) is 1.74. The lowest BCUT2D eigenvalue weighted by molar-refractivity contribution is 0.627. The Morgan fingerprint density at radius 2 is 1.58 bits per heavy atom. The predicted molar refractivity (Wildman–Crippen MR) is 74.0 cm³/mol. The lowest BCUT2D eigenvalue weighted by atomic mass is 10.2. The van der Waals surface area contributed by atoms with Crippen molar-refractivity contribution in [2.45, 2.75) is 0 Å². The van der Waals surface area contributed by atoms with Crippen LogP contribution < -0.4 is 0 Å². The van der Waals surface area contributed by atoms with E-state index in [1.807, 2.05) is 24.4 Å². The molecule has 96 valence electrons. The number of aromatic nitrogens is 3. The number of rotatable bonds is 2. The summed E-state index contributed by atoms with van der Waals surface area (Å²) in [6, 6.07) is 11.9. The van der Waals surface area contributed by atoms with Gasteiger partial charge in [-0.3, -0.25) is 4.98 Å². The van der Waals surface area contributed by atoms with E-state index in [2.05, 4.69) is 10.1 Å². The molecule has 0 spiro atoms. The van der Waals surface area contributed by atoms with E-state index < -0.39 is 0 Å². The molecule has 0 N–H and O–H groups in total. The maximum absolute atomic E-state index is 12.8. The van der Waals surface area contributed by atoms with Crippen LogP contribution in [0.3, 0.4) is 0 Å². The molecule has 0 atom stereocenters. The Balaban J connectivity index is 0.00000133. The maximum Gasteiger partial charge on any atom is 0.123 e. The Kier molecular flexibility index (Phi) is 3.92. The zero-order chi connectivity index (χ0) is 12.4. The highest BCUT2D eigenvalue weighted by atomic mass is 35.5. The normalized spacial score (nSPS) is 9.95. The van der Waals surface area contributed by atoms with Crippen LogP contribution in [0.2, 0.25) is 0 Å². The molecule has 0 amide bonds. The van der Waals surface area contributed by atoms with Gasteiger partial charge < -0.3 is 0 Å². The van der Waals surface area contributed by atoms with Gasteiger partial charge in [0.15, 0.2) is 0 Å². The molecule has 0 unspecified atom stereocenters. The summed E-state index contributed by atoms with van der Waals surface area (Å²) in [5, 5.41) is 4.45. The summed E-state index contributed by atoms with van der Waals surface area (Å²) in [6.07, 6.45) is 5.31. The van der Waals surface area contributed by atoms with Crippen LogP contribution in [0.1, 0.15) is 0 Å². The molecule has 0 saturated heterocycles. The first-order valence-electron chi connectivity index (χ1n) is 5.55. The van der Waals surface area contributed by atoms with E-state index >= 15 is 0 Å². The van der Waals surface area contributed by atoms with Gasteiger partial charge in [0.25, 0.3) is 0 Å². The van der Waals surface area contributed by atoms with Crippen LogP contribution in [0, 0.1) is 5.82 Å². The number of nitrogens with zero attached hydrogens (tertiary/aromatic N) is 3. The summed E-state index contributed by atoms with van der Waals surface area (Å²) in [6.45, 7) is 0. The summed E-state index contributed by atoms with van der Waals surface area (Å²) in [5.41, 5.74) is 2.70. The molecule has 0 aliphatic heterocycles. The fraction of sp³-hybridized carbons (Fsp3) is 0. The second-order valence-corrected chi connectivity index (χ2v) is 3.86. The van der Waals surface area contributed by atoms with Crippen LogP contribution >= 0.6 is 12.4 Å². The van der Waals surface area contributed by atoms with Crippen LogP contribution in [-0.2, 0) is 0 Å². The summed E-state index contributed by atoms with van der Waals surface area (Å²) >= 11 is 0. The third-order valence-corrected chi connectivity index (χ3v) is 2.66. The number of hydrogen-bond acceptors (Lipinski definition) is 2. The van der Waals surface area contributed by atoms with Crippen LogP contribution in [-0.4, -0.2) is 14.8 Å². The predicted octanol–water partition coefficient (Wildman–Crippen LogP) is 3.50. The molecule has 3 aromatic rings. The molecular weight excluding hydrogens is 265 g/mol. The van der Waals surface area contributed by atoms with Crippen molar-refractivity contribution in [2.24, 2.45) is 0 Å². The largest absolute Gasteiger partial charge is 0.265 e. The monoisotopic (exact) mass is 275 g/mol. The molecule has 0 radical (unpaired) electrons. The van der Waals surface area contributed by atoms with E-state index in [0.29, 0.717) is 0 Å². The second kappa shape index (κ2) is 5.63. The van der Waals surface area contributed by atoms with Gasteiger partial charge in [0, 0.05) is 24.2 Å². The van der Waals surface area contributed by atoms with Gasteiger partial charge in [-0.1, -0.05) is 0 Å². The molecule has 3 nitrogen and oxygen atoms in total. The van der Waals surface area contributed by atoms with Crippen molar-refractivity contribution in [3.8, 4) is 16.9 Å². The van der Waals surface area contributed by atoms with Gasteiger partial charge in [0.05, 0.1) is 11.4 Å².